The van der Waals surface area contributed by atoms with Crippen LogP contribution in [0.25, 0.3) is 0 Å². The van der Waals surface area contributed by atoms with E-state index in [4.69, 9.17) is 17.2 Å². The van der Waals surface area contributed by atoms with Gasteiger partial charge in [0.25, 0.3) is 11.8 Å². The minimum atomic E-state index is -0.629. The summed E-state index contributed by atoms with van der Waals surface area (Å²) in [4.78, 5) is 29.0. The van der Waals surface area contributed by atoms with E-state index in [0.717, 1.165) is 0 Å². The summed E-state index contributed by atoms with van der Waals surface area (Å²) in [5.41, 5.74) is 15.9. The Bertz CT molecular complexity index is 470. The van der Waals surface area contributed by atoms with Crippen molar-refractivity contribution in [1.29, 1.82) is 0 Å². The number of rotatable bonds is 5. The molecule has 20 heavy (non-hydrogen) atoms. The Morgan fingerprint density at radius 3 is 2.35 bits per heavy atom. The van der Waals surface area contributed by atoms with Crippen molar-refractivity contribution >= 4 is 42.6 Å². The summed E-state index contributed by atoms with van der Waals surface area (Å²) in [6.45, 7) is 0.977. The fourth-order valence-electron chi connectivity index (χ4n) is 1.23. The maximum atomic E-state index is 11.6. The first kappa shape index (κ1) is 20.5. The van der Waals surface area contributed by atoms with Gasteiger partial charge in [-0.3, -0.25) is 9.59 Å². The van der Waals surface area contributed by atoms with Crippen LogP contribution in [-0.2, 0) is 0 Å². The average Bonchev–Trinajstić information content (AvgIpc) is 2.77. The second-order valence-electron chi connectivity index (χ2n) is 3.53. The van der Waals surface area contributed by atoms with Crippen LogP contribution in [0.2, 0.25) is 0 Å². The molecule has 0 radical (unpaired) electrons. The van der Waals surface area contributed by atoms with Crippen LogP contribution in [0.5, 0.6) is 0 Å². The molecule has 0 aliphatic carbocycles. The van der Waals surface area contributed by atoms with E-state index in [1.165, 1.54) is 12.1 Å². The largest absolute Gasteiger partial charge is 0.370 e. The van der Waals surface area contributed by atoms with Crippen molar-refractivity contribution in [2.45, 2.75) is 6.42 Å². The van der Waals surface area contributed by atoms with Gasteiger partial charge in [0.1, 0.15) is 11.4 Å². The third-order valence-electron chi connectivity index (χ3n) is 2.06. The van der Waals surface area contributed by atoms with E-state index in [0.29, 0.717) is 19.5 Å². The highest BCUT2D eigenvalue weighted by Gasteiger charge is 2.11. The number of carbonyl (C=O) groups is 2. The molecule has 8 nitrogen and oxygen atoms in total. The smallest absolute Gasteiger partial charge is 0.296 e. The molecule has 1 heterocycles. The molecule has 0 unspecified atom stereocenters. The number of hydrogen-bond acceptors (Lipinski definition) is 3. The molecule has 2 amide bonds. The van der Waals surface area contributed by atoms with Crippen LogP contribution >= 0.6 is 24.8 Å². The number of nitrogens with one attached hydrogen (secondary N) is 2. The molecular weight excluding hydrogens is 307 g/mol. The first-order valence-corrected chi connectivity index (χ1v) is 5.36. The van der Waals surface area contributed by atoms with Crippen molar-refractivity contribution in [3.05, 3.63) is 23.5 Å². The lowest BCUT2D eigenvalue weighted by Gasteiger charge is -2.01. The average molecular weight is 325 g/mol. The van der Waals surface area contributed by atoms with Crippen LogP contribution in [0.4, 0.5) is 0 Å². The SMILES string of the molecule is Cl.Cl.NCCCNC(=O)c1ccc(C(=O)N=C(N)N)[nH]1. The maximum absolute atomic E-state index is 11.6. The molecule has 0 fully saturated rings. The number of aliphatic imine (C=N–C) groups is 1. The summed E-state index contributed by atoms with van der Waals surface area (Å²) < 4.78 is 0. The summed E-state index contributed by atoms with van der Waals surface area (Å²) in [5.74, 6) is -1.27. The number of amides is 2. The van der Waals surface area contributed by atoms with E-state index in [1.807, 2.05) is 0 Å². The molecule has 0 spiro atoms. The van der Waals surface area contributed by atoms with Gasteiger partial charge in [0.15, 0.2) is 5.96 Å². The molecular formula is C10H18Cl2N6O2. The lowest BCUT2D eigenvalue weighted by atomic mass is 10.3. The zero-order chi connectivity index (χ0) is 13.5. The lowest BCUT2D eigenvalue weighted by molar-refractivity contribution is 0.0949. The summed E-state index contributed by atoms with van der Waals surface area (Å²) in [6.07, 6.45) is 0.687. The molecule has 10 heteroatoms. The number of H-pyrrole nitrogens is 1. The predicted molar refractivity (Wildman–Crippen MR) is 81.4 cm³/mol. The molecule has 0 atom stereocenters. The van der Waals surface area contributed by atoms with Crippen molar-refractivity contribution < 1.29 is 9.59 Å². The van der Waals surface area contributed by atoms with E-state index >= 15 is 0 Å². The third-order valence-corrected chi connectivity index (χ3v) is 2.06. The van der Waals surface area contributed by atoms with Gasteiger partial charge in [-0.25, -0.2) is 0 Å². The van der Waals surface area contributed by atoms with Gasteiger partial charge in [0, 0.05) is 6.54 Å². The minimum Gasteiger partial charge on any atom is -0.370 e. The highest BCUT2D eigenvalue weighted by molar-refractivity contribution is 6.02. The highest BCUT2D eigenvalue weighted by Crippen LogP contribution is 2.03. The van der Waals surface area contributed by atoms with Crippen LogP contribution in [-0.4, -0.2) is 35.8 Å². The number of halogens is 2. The van der Waals surface area contributed by atoms with Crippen molar-refractivity contribution in [2.24, 2.45) is 22.2 Å². The van der Waals surface area contributed by atoms with E-state index < -0.39 is 5.91 Å². The van der Waals surface area contributed by atoms with E-state index in [-0.39, 0.29) is 48.1 Å². The summed E-state index contributed by atoms with van der Waals surface area (Å²) in [6, 6.07) is 2.92. The molecule has 1 rings (SSSR count). The molecule has 0 aromatic carbocycles. The minimum absolute atomic E-state index is 0. The van der Waals surface area contributed by atoms with Gasteiger partial charge in [-0.05, 0) is 25.1 Å². The maximum Gasteiger partial charge on any atom is 0.296 e. The Hall–Kier alpha value is -1.77. The number of aromatic nitrogens is 1. The lowest BCUT2D eigenvalue weighted by Crippen LogP contribution is -2.26. The van der Waals surface area contributed by atoms with E-state index in [1.54, 1.807) is 0 Å². The van der Waals surface area contributed by atoms with Gasteiger partial charge < -0.3 is 27.5 Å². The fourth-order valence-corrected chi connectivity index (χ4v) is 1.23. The highest BCUT2D eigenvalue weighted by atomic mass is 35.5. The standard InChI is InChI=1S/C10H16N6O2.2ClH/c11-4-1-5-14-8(17)6-2-3-7(15-6)9(18)16-10(12)13;;/h2-3,15H,1,4-5,11H2,(H,14,17)(H4,12,13,16,18);2*1H. The zero-order valence-corrected chi connectivity index (χ0v) is 12.2. The number of aromatic amines is 1. The summed E-state index contributed by atoms with van der Waals surface area (Å²) in [5, 5.41) is 2.65. The number of hydrogen-bond donors (Lipinski definition) is 5. The van der Waals surface area contributed by atoms with Gasteiger partial charge in [0.2, 0.25) is 0 Å². The normalized spacial score (nSPS) is 8.85. The first-order chi connectivity index (χ1) is 8.54. The van der Waals surface area contributed by atoms with Crippen molar-refractivity contribution in [1.82, 2.24) is 10.3 Å². The van der Waals surface area contributed by atoms with Crippen LogP contribution in [0.3, 0.4) is 0 Å². The van der Waals surface area contributed by atoms with Gasteiger partial charge in [-0.1, -0.05) is 0 Å². The van der Waals surface area contributed by atoms with Crippen LogP contribution in [0.1, 0.15) is 27.4 Å². The Morgan fingerprint density at radius 1 is 1.20 bits per heavy atom. The summed E-state index contributed by atoms with van der Waals surface area (Å²) >= 11 is 0. The zero-order valence-electron chi connectivity index (χ0n) is 10.6. The molecule has 0 bridgehead atoms. The molecule has 0 aliphatic rings. The number of nitrogens with zero attached hydrogens (tertiary/aromatic N) is 1. The number of carbonyl (C=O) groups excluding carboxylic acids is 2. The van der Waals surface area contributed by atoms with Gasteiger partial charge >= 0.3 is 0 Å². The topological polar surface area (TPSA) is 152 Å². The Kier molecular flexibility index (Phi) is 10.3. The third kappa shape index (κ3) is 6.41. The quantitative estimate of drug-likeness (QED) is 0.277. The Balaban J connectivity index is 0. The Labute approximate surface area is 128 Å². The second-order valence-corrected chi connectivity index (χ2v) is 3.53. The van der Waals surface area contributed by atoms with Gasteiger partial charge in [-0.15, -0.1) is 24.8 Å². The van der Waals surface area contributed by atoms with Crippen molar-refractivity contribution in [3.63, 3.8) is 0 Å². The molecule has 8 N–H and O–H groups in total. The molecule has 1 aromatic rings. The first-order valence-electron chi connectivity index (χ1n) is 5.36. The predicted octanol–water partition coefficient (Wildman–Crippen LogP) is -0.649. The van der Waals surface area contributed by atoms with Gasteiger partial charge in [-0.2, -0.15) is 4.99 Å². The molecule has 0 aliphatic heterocycles. The fraction of sp³-hybridized carbons (Fsp3) is 0.300. The summed E-state index contributed by atoms with van der Waals surface area (Å²) in [7, 11) is 0. The second kappa shape index (κ2) is 10.1. The number of guanidine groups is 1. The number of nitrogens with two attached hydrogens (primary N) is 3. The molecule has 0 saturated heterocycles. The van der Waals surface area contributed by atoms with E-state index in [9.17, 15) is 9.59 Å². The Morgan fingerprint density at radius 2 is 1.80 bits per heavy atom. The molecule has 0 saturated carbocycles. The van der Waals surface area contributed by atoms with Crippen LogP contribution in [0.15, 0.2) is 17.1 Å². The van der Waals surface area contributed by atoms with Crippen LogP contribution < -0.4 is 22.5 Å². The van der Waals surface area contributed by atoms with Gasteiger partial charge in [0.05, 0.1) is 0 Å². The van der Waals surface area contributed by atoms with Crippen molar-refractivity contribution in [2.75, 3.05) is 13.1 Å². The monoisotopic (exact) mass is 324 g/mol. The van der Waals surface area contributed by atoms with Crippen LogP contribution in [0, 0.1) is 0 Å². The van der Waals surface area contributed by atoms with Crippen molar-refractivity contribution in [3.8, 4) is 0 Å². The van der Waals surface area contributed by atoms with E-state index in [2.05, 4.69) is 15.3 Å². The molecule has 1 aromatic heterocycles. The molecule has 114 valence electrons.